The van der Waals surface area contributed by atoms with E-state index in [2.05, 4.69) is 27.7 Å². The third-order valence-electron chi connectivity index (χ3n) is 0.707. The molecule has 0 aromatic carbocycles. The maximum atomic E-state index is 8.25. The molecule has 0 aromatic rings. The van der Waals surface area contributed by atoms with Gasteiger partial charge in [0.05, 0.1) is 0 Å². The van der Waals surface area contributed by atoms with E-state index in [1.165, 1.54) is 12.8 Å². The van der Waals surface area contributed by atoms with E-state index in [-0.39, 0.29) is 12.2 Å². The summed E-state index contributed by atoms with van der Waals surface area (Å²) in [6.45, 7) is 18.3. The van der Waals surface area contributed by atoms with E-state index >= 15 is 0 Å². The molecule has 0 aliphatic carbocycles. The molecule has 3 nitrogen and oxygen atoms in total. The molecule has 0 heterocycles. The molecule has 0 aliphatic heterocycles. The monoisotopic (exact) mass is 298 g/mol. The summed E-state index contributed by atoms with van der Waals surface area (Å²) in [4.78, 5) is 0. The number of aliphatic hydroxyl groups is 2. The van der Waals surface area contributed by atoms with Crippen LogP contribution in [0.3, 0.4) is 0 Å². The predicted molar refractivity (Wildman–Crippen MR) is 75.9 cm³/mol. The van der Waals surface area contributed by atoms with E-state index < -0.39 is 0 Å². The van der Waals surface area contributed by atoms with Gasteiger partial charge in [0.15, 0.2) is 0 Å². The van der Waals surface area contributed by atoms with Gasteiger partial charge in [-0.2, -0.15) is 12.8 Å². The van der Waals surface area contributed by atoms with E-state index in [4.69, 9.17) is 13.5 Å². The number of hydrogen-bond acceptors (Lipinski definition) is 3. The Balaban J connectivity index is -0.0000000399. The van der Waals surface area contributed by atoms with Crippen LogP contribution in [-0.2, 0) is 23.7 Å². The van der Waals surface area contributed by atoms with E-state index in [9.17, 15) is 0 Å². The van der Waals surface area contributed by atoms with Crippen LogP contribution in [-0.4, -0.2) is 22.4 Å². The molecule has 18 heavy (non-hydrogen) atoms. The van der Waals surface area contributed by atoms with Gasteiger partial charge >= 0.3 is 23.7 Å². The fourth-order valence-corrected chi connectivity index (χ4v) is 0. The van der Waals surface area contributed by atoms with Crippen LogP contribution in [0.4, 0.5) is 0 Å². The maximum absolute atomic E-state index is 8.25. The Morgan fingerprint density at radius 1 is 0.833 bits per heavy atom. The normalized spacial score (nSPS) is 7.67. The van der Waals surface area contributed by atoms with Crippen molar-refractivity contribution in [3.63, 3.8) is 0 Å². The molecule has 0 aliphatic rings. The number of rotatable bonds is 2. The van der Waals surface area contributed by atoms with Crippen LogP contribution in [0.25, 0.3) is 0 Å². The molecular weight excluding hydrogens is 264 g/mol. The summed E-state index contributed by atoms with van der Waals surface area (Å²) in [5, 5.41) is 16.1. The third kappa shape index (κ3) is 661. The summed E-state index contributed by atoms with van der Waals surface area (Å²) in [5.74, 6) is 0. The first-order valence-corrected chi connectivity index (χ1v) is 7.08. The summed E-state index contributed by atoms with van der Waals surface area (Å²) in [5.41, 5.74) is 0. The van der Waals surface area contributed by atoms with Crippen molar-refractivity contribution in [3.05, 3.63) is 13.8 Å². The van der Waals surface area contributed by atoms with Crippen LogP contribution < -0.4 is 0 Å². The Morgan fingerprint density at radius 2 is 0.889 bits per heavy atom. The van der Waals surface area contributed by atoms with Crippen LogP contribution in [0.15, 0.2) is 0 Å². The summed E-state index contributed by atoms with van der Waals surface area (Å²) >= 11 is 0.750. The van der Waals surface area contributed by atoms with Gasteiger partial charge < -0.3 is 24.1 Å². The molecule has 0 amide bonds. The second-order valence-electron chi connectivity index (χ2n) is 3.89. The van der Waals surface area contributed by atoms with Gasteiger partial charge in [-0.15, -0.1) is 0 Å². The van der Waals surface area contributed by atoms with Gasteiger partial charge in [0, 0.05) is 12.2 Å². The number of aliphatic hydroxyl groups excluding tert-OH is 2. The number of hydrogen-bond donors (Lipinski definition) is 2. The average Bonchev–Trinajstić information content (AvgIpc) is 2.30. The van der Waals surface area contributed by atoms with Gasteiger partial charge in [-0.25, -0.2) is 0 Å². The van der Waals surface area contributed by atoms with Crippen LogP contribution in [0, 0.1) is 13.8 Å². The summed E-state index contributed by atoms with van der Waals surface area (Å²) in [6.07, 6.45) is 4.22. The zero-order chi connectivity index (χ0) is 16.0. The van der Waals surface area contributed by atoms with Gasteiger partial charge in [-0.1, -0.05) is 26.7 Å². The molecule has 112 valence electrons. The van der Waals surface area contributed by atoms with Crippen molar-refractivity contribution in [2.75, 3.05) is 0 Å². The Hall–Kier alpha value is 0.434. The first kappa shape index (κ1) is 31.0. The second kappa shape index (κ2) is 43.2. The molecule has 0 radical (unpaired) electrons. The molecular formula is C14H34O3Ti. The van der Waals surface area contributed by atoms with Crippen molar-refractivity contribution in [2.24, 2.45) is 0 Å². The van der Waals surface area contributed by atoms with Crippen molar-refractivity contribution in [2.45, 2.75) is 79.4 Å². The van der Waals surface area contributed by atoms with Crippen LogP contribution in [0.5, 0.6) is 0 Å². The molecule has 0 saturated heterocycles. The van der Waals surface area contributed by atoms with Gasteiger partial charge in [0.25, 0.3) is 0 Å². The molecule has 0 bridgehead atoms. The summed E-state index contributed by atoms with van der Waals surface area (Å²) in [6, 6.07) is 0. The SMILES string of the molecule is CC(C)O.CC(C)O.[CH2-]CCC.[CH2-]CCC.[O]=[Ti+2]. The van der Waals surface area contributed by atoms with Gasteiger partial charge in [-0.05, 0) is 27.7 Å². The molecule has 0 unspecified atom stereocenters. The number of unbranched alkanes of at least 4 members (excludes halogenated alkanes) is 2. The molecule has 0 fully saturated rings. The molecule has 0 saturated carbocycles. The minimum absolute atomic E-state index is 0.167. The first-order chi connectivity index (χ1) is 8.29. The fourth-order valence-electron chi connectivity index (χ4n) is 0. The van der Waals surface area contributed by atoms with Crippen LogP contribution in [0.2, 0.25) is 0 Å². The van der Waals surface area contributed by atoms with Gasteiger partial charge in [-0.3, -0.25) is 0 Å². The van der Waals surface area contributed by atoms with E-state index in [1.807, 2.05) is 0 Å². The van der Waals surface area contributed by atoms with Crippen molar-refractivity contribution in [1.29, 1.82) is 0 Å². The Kier molecular flexibility index (Phi) is 74.6. The third-order valence-corrected chi connectivity index (χ3v) is 0.707. The van der Waals surface area contributed by atoms with E-state index in [0.29, 0.717) is 0 Å². The quantitative estimate of drug-likeness (QED) is 0.600. The van der Waals surface area contributed by atoms with Crippen molar-refractivity contribution in [1.82, 2.24) is 0 Å². The minimum atomic E-state index is -0.167. The standard InChI is InChI=1S/2C4H9.2C3H8O.O.Ti/c2*1-3-4-2;2*1-3(2)4;;/h2*1,3-4H2,2H3;2*3-4H,1-2H3;;/q2*-1;;;;+2. The van der Waals surface area contributed by atoms with Crippen LogP contribution >= 0.6 is 0 Å². The Labute approximate surface area is 127 Å². The fraction of sp³-hybridized carbons (Fsp3) is 0.857. The van der Waals surface area contributed by atoms with Crippen LogP contribution in [0.1, 0.15) is 67.2 Å². The molecule has 0 rings (SSSR count). The molecule has 4 heteroatoms. The van der Waals surface area contributed by atoms with Crippen molar-refractivity contribution < 1.29 is 33.9 Å². The Morgan fingerprint density at radius 3 is 0.889 bits per heavy atom. The molecule has 0 aromatic heterocycles. The van der Waals surface area contributed by atoms with Gasteiger partial charge in [0.1, 0.15) is 0 Å². The topological polar surface area (TPSA) is 57.5 Å². The molecule has 0 atom stereocenters. The van der Waals surface area contributed by atoms with E-state index in [0.717, 1.165) is 33.2 Å². The Bertz CT molecular complexity index is 69.6. The molecule has 2 N–H and O–H groups in total. The zero-order valence-electron chi connectivity index (χ0n) is 13.2. The van der Waals surface area contributed by atoms with Crippen molar-refractivity contribution >= 4 is 0 Å². The van der Waals surface area contributed by atoms with Crippen molar-refractivity contribution in [3.8, 4) is 0 Å². The first-order valence-electron chi connectivity index (χ1n) is 6.44. The summed E-state index contributed by atoms with van der Waals surface area (Å²) in [7, 11) is 0. The zero-order valence-corrected chi connectivity index (χ0v) is 14.8. The predicted octanol–water partition coefficient (Wildman–Crippen LogP) is 3.89. The average molecular weight is 298 g/mol. The van der Waals surface area contributed by atoms with Gasteiger partial charge in [0.2, 0.25) is 0 Å². The summed E-state index contributed by atoms with van der Waals surface area (Å²) < 4.78 is 8.25. The molecule has 0 spiro atoms. The van der Waals surface area contributed by atoms with E-state index in [1.54, 1.807) is 27.7 Å². The second-order valence-corrected chi connectivity index (χ2v) is 3.89.